The van der Waals surface area contributed by atoms with Gasteiger partial charge in [0.25, 0.3) is 0 Å². The molecule has 4 aromatic rings. The highest BCUT2D eigenvalue weighted by atomic mass is 19.4. The number of rotatable bonds is 3. The summed E-state index contributed by atoms with van der Waals surface area (Å²) < 4.78 is 49.2. The number of hydrogen-bond donors (Lipinski definition) is 0. The van der Waals surface area contributed by atoms with Crippen molar-refractivity contribution >= 4 is 6.08 Å². The summed E-state index contributed by atoms with van der Waals surface area (Å²) >= 11 is 0. The van der Waals surface area contributed by atoms with E-state index in [0.29, 0.717) is 29.8 Å². The van der Waals surface area contributed by atoms with E-state index in [2.05, 4.69) is 16.8 Å². The molecule has 0 spiro atoms. The van der Waals surface area contributed by atoms with Gasteiger partial charge in [-0.1, -0.05) is 66.3 Å². The summed E-state index contributed by atoms with van der Waals surface area (Å²) in [7, 11) is 1.64. The molecule has 0 amide bonds. The Balaban J connectivity index is 1.72. The van der Waals surface area contributed by atoms with Crippen molar-refractivity contribution in [1.29, 1.82) is 0 Å². The summed E-state index contributed by atoms with van der Waals surface area (Å²) in [5.74, 6) is -0.287. The van der Waals surface area contributed by atoms with Gasteiger partial charge in [0.05, 0.1) is 11.4 Å². The molecule has 0 radical (unpaired) electrons. The maximum Gasteiger partial charge on any atom is 0.422 e. The third-order valence-corrected chi connectivity index (χ3v) is 5.65. The topological polar surface area (TPSA) is 43.9 Å². The van der Waals surface area contributed by atoms with Crippen LogP contribution < -0.4 is 0 Å². The Bertz CT molecular complexity index is 1300. The zero-order valence-corrected chi connectivity index (χ0v) is 16.7. The van der Waals surface area contributed by atoms with E-state index in [1.807, 2.05) is 18.2 Å². The van der Waals surface area contributed by atoms with Crippen molar-refractivity contribution in [1.82, 2.24) is 14.9 Å². The number of alkyl halides is 3. The standard InChI is InChI=1S/C24H18F3N3O/c1-3-14-9-11-17-16(13-14)10-12-18-20(17)28-30(2)22(18)21-19(24(25,26)27)23(31-29-21)15-7-5-4-6-8-15/h3-9,11,13H,1,10,12H2,2H3. The van der Waals surface area contributed by atoms with Crippen molar-refractivity contribution in [3.8, 4) is 34.0 Å². The van der Waals surface area contributed by atoms with E-state index in [0.717, 1.165) is 22.3 Å². The maximum absolute atomic E-state index is 14.2. The zero-order chi connectivity index (χ0) is 21.8. The molecule has 2 aromatic carbocycles. The van der Waals surface area contributed by atoms with Crippen LogP contribution in [0.4, 0.5) is 13.2 Å². The minimum Gasteiger partial charge on any atom is -0.355 e. The van der Waals surface area contributed by atoms with E-state index in [1.54, 1.807) is 43.5 Å². The van der Waals surface area contributed by atoms with Crippen LogP contribution in [-0.4, -0.2) is 14.9 Å². The lowest BCUT2D eigenvalue weighted by molar-refractivity contribution is -0.136. The Morgan fingerprint density at radius 2 is 1.84 bits per heavy atom. The second kappa shape index (κ2) is 6.97. The Kier molecular flexibility index (Phi) is 4.36. The summed E-state index contributed by atoms with van der Waals surface area (Å²) in [4.78, 5) is 0. The lowest BCUT2D eigenvalue weighted by Crippen LogP contribution is -2.10. The van der Waals surface area contributed by atoms with Crippen molar-refractivity contribution in [2.24, 2.45) is 7.05 Å². The smallest absolute Gasteiger partial charge is 0.355 e. The number of fused-ring (bicyclic) bond motifs is 3. The molecule has 0 fully saturated rings. The van der Waals surface area contributed by atoms with Crippen LogP contribution in [0.1, 0.15) is 22.3 Å². The van der Waals surface area contributed by atoms with Gasteiger partial charge >= 0.3 is 6.18 Å². The summed E-state index contributed by atoms with van der Waals surface area (Å²) in [5.41, 5.74) is 4.03. The van der Waals surface area contributed by atoms with E-state index in [4.69, 9.17) is 4.52 Å². The number of nitrogens with zero attached hydrogens (tertiary/aromatic N) is 3. The average Bonchev–Trinajstić information content (AvgIpc) is 3.34. The summed E-state index contributed by atoms with van der Waals surface area (Å²) in [6, 6.07) is 14.1. The van der Waals surface area contributed by atoms with Crippen LogP contribution in [0, 0.1) is 0 Å². The highest BCUT2D eigenvalue weighted by molar-refractivity contribution is 5.81. The van der Waals surface area contributed by atoms with Gasteiger partial charge in [0, 0.05) is 23.7 Å². The van der Waals surface area contributed by atoms with Gasteiger partial charge < -0.3 is 4.52 Å². The molecular formula is C24H18F3N3O. The fourth-order valence-electron chi connectivity index (χ4n) is 4.26. The van der Waals surface area contributed by atoms with E-state index >= 15 is 0 Å². The fraction of sp³-hybridized carbons (Fsp3) is 0.167. The molecule has 0 aliphatic heterocycles. The molecule has 0 bridgehead atoms. The third-order valence-electron chi connectivity index (χ3n) is 5.65. The largest absolute Gasteiger partial charge is 0.422 e. The van der Waals surface area contributed by atoms with Gasteiger partial charge in [0.15, 0.2) is 5.76 Å². The molecule has 156 valence electrons. The summed E-state index contributed by atoms with van der Waals surface area (Å²) in [6.07, 6.45) is -1.59. The Morgan fingerprint density at radius 3 is 2.55 bits per heavy atom. The van der Waals surface area contributed by atoms with Gasteiger partial charge in [0.1, 0.15) is 11.3 Å². The highest BCUT2D eigenvalue weighted by Crippen LogP contribution is 2.46. The molecule has 2 aromatic heterocycles. The number of hydrogen-bond acceptors (Lipinski definition) is 3. The second-order valence-electron chi connectivity index (χ2n) is 7.52. The molecule has 5 rings (SSSR count). The monoisotopic (exact) mass is 421 g/mol. The van der Waals surface area contributed by atoms with Crippen molar-refractivity contribution in [3.05, 3.63) is 77.4 Å². The highest BCUT2D eigenvalue weighted by Gasteiger charge is 2.43. The first-order valence-electron chi connectivity index (χ1n) is 9.82. The molecule has 0 N–H and O–H groups in total. The minimum absolute atomic E-state index is 0.228. The van der Waals surface area contributed by atoms with Crippen molar-refractivity contribution in [2.45, 2.75) is 19.0 Å². The predicted octanol–water partition coefficient (Wildman–Crippen LogP) is 6.17. The first kappa shape index (κ1) is 19.4. The van der Waals surface area contributed by atoms with E-state index in [9.17, 15) is 13.2 Å². The van der Waals surface area contributed by atoms with Gasteiger partial charge in [-0.25, -0.2) is 0 Å². The lowest BCUT2D eigenvalue weighted by atomic mass is 9.87. The van der Waals surface area contributed by atoms with Gasteiger partial charge in [-0.3, -0.25) is 4.68 Å². The predicted molar refractivity (Wildman–Crippen MR) is 112 cm³/mol. The van der Waals surface area contributed by atoms with Crippen molar-refractivity contribution in [2.75, 3.05) is 0 Å². The Morgan fingerprint density at radius 1 is 1.06 bits per heavy atom. The van der Waals surface area contributed by atoms with Gasteiger partial charge in [-0.15, -0.1) is 0 Å². The van der Waals surface area contributed by atoms with Gasteiger partial charge in [-0.05, 0) is 24.0 Å². The SMILES string of the molecule is C=Cc1ccc2c(c1)CCc1c-2nn(C)c1-c1noc(-c2ccccc2)c1C(F)(F)F. The third kappa shape index (κ3) is 3.08. The van der Waals surface area contributed by atoms with Crippen LogP contribution in [0.2, 0.25) is 0 Å². The Labute approximate surface area is 176 Å². The molecule has 31 heavy (non-hydrogen) atoms. The molecule has 2 heterocycles. The molecular weight excluding hydrogens is 403 g/mol. The van der Waals surface area contributed by atoms with Crippen LogP contribution in [0.5, 0.6) is 0 Å². The second-order valence-corrected chi connectivity index (χ2v) is 7.52. The maximum atomic E-state index is 14.2. The number of benzene rings is 2. The van der Waals surface area contributed by atoms with Crippen LogP contribution in [0.25, 0.3) is 40.0 Å². The quantitative estimate of drug-likeness (QED) is 0.397. The van der Waals surface area contributed by atoms with E-state index in [-0.39, 0.29) is 11.5 Å². The first-order valence-corrected chi connectivity index (χ1v) is 9.82. The molecule has 0 unspecified atom stereocenters. The van der Waals surface area contributed by atoms with Crippen molar-refractivity contribution < 1.29 is 17.7 Å². The van der Waals surface area contributed by atoms with Gasteiger partial charge in [-0.2, -0.15) is 18.3 Å². The zero-order valence-electron chi connectivity index (χ0n) is 16.7. The van der Waals surface area contributed by atoms with Crippen LogP contribution in [0.3, 0.4) is 0 Å². The molecule has 1 aliphatic rings. The normalized spacial score (nSPS) is 13.0. The number of halogens is 3. The summed E-state index contributed by atoms with van der Waals surface area (Å²) in [5, 5.41) is 8.46. The van der Waals surface area contributed by atoms with Gasteiger partial charge in [0.2, 0.25) is 0 Å². The molecule has 0 saturated carbocycles. The van der Waals surface area contributed by atoms with E-state index < -0.39 is 11.7 Å². The van der Waals surface area contributed by atoms with Crippen molar-refractivity contribution in [3.63, 3.8) is 0 Å². The average molecular weight is 421 g/mol. The summed E-state index contributed by atoms with van der Waals surface area (Å²) in [6.45, 7) is 3.80. The molecule has 4 nitrogen and oxygen atoms in total. The lowest BCUT2D eigenvalue weighted by Gasteiger charge is -2.17. The van der Waals surface area contributed by atoms with E-state index in [1.165, 1.54) is 4.68 Å². The molecule has 0 saturated heterocycles. The van der Waals surface area contributed by atoms with Crippen LogP contribution in [-0.2, 0) is 26.1 Å². The first-order chi connectivity index (χ1) is 14.9. The fourth-order valence-corrected chi connectivity index (χ4v) is 4.26. The number of aryl methyl sites for hydroxylation is 2. The molecule has 7 heteroatoms. The van der Waals surface area contributed by atoms with Crippen LogP contribution in [0.15, 0.2) is 59.6 Å². The molecule has 0 atom stereocenters. The minimum atomic E-state index is -4.64. The Hall–Kier alpha value is -3.61. The van der Waals surface area contributed by atoms with Crippen LogP contribution >= 0.6 is 0 Å². The molecule has 1 aliphatic carbocycles. The number of aromatic nitrogens is 3.